The maximum absolute atomic E-state index is 11.2. The van der Waals surface area contributed by atoms with Crippen LogP contribution in [0.15, 0.2) is 17.6 Å². The number of carbonyl (C=O) groups is 1. The van der Waals surface area contributed by atoms with Crippen molar-refractivity contribution in [2.24, 2.45) is 0 Å². The zero-order valence-electron chi connectivity index (χ0n) is 8.60. The monoisotopic (exact) mass is 221 g/mol. The Hall–Kier alpha value is -1.49. The molecule has 0 aliphatic carbocycles. The zero-order valence-corrected chi connectivity index (χ0v) is 9.41. The van der Waals surface area contributed by atoms with Gasteiger partial charge in [0.25, 0.3) is 0 Å². The van der Waals surface area contributed by atoms with E-state index in [-0.39, 0.29) is 5.78 Å². The van der Waals surface area contributed by atoms with Gasteiger partial charge in [-0.15, -0.1) is 16.4 Å². The van der Waals surface area contributed by atoms with Crippen molar-refractivity contribution >= 4 is 17.1 Å². The lowest BCUT2D eigenvalue weighted by Gasteiger charge is -2.00. The molecule has 0 atom stereocenters. The van der Waals surface area contributed by atoms with Crippen molar-refractivity contribution in [2.75, 3.05) is 0 Å². The molecule has 0 fully saturated rings. The van der Waals surface area contributed by atoms with Crippen LogP contribution in [-0.4, -0.2) is 20.8 Å². The quantitative estimate of drug-likeness (QED) is 0.744. The van der Waals surface area contributed by atoms with Gasteiger partial charge >= 0.3 is 0 Å². The summed E-state index contributed by atoms with van der Waals surface area (Å²) in [6, 6.07) is 2.09. The minimum atomic E-state index is -0.00745. The molecular weight excluding hydrogens is 210 g/mol. The average Bonchev–Trinajstić information content (AvgIpc) is 2.75. The Morgan fingerprint density at radius 2 is 2.40 bits per heavy atom. The molecule has 5 heteroatoms. The average molecular weight is 221 g/mol. The molecule has 15 heavy (non-hydrogen) atoms. The highest BCUT2D eigenvalue weighted by Gasteiger charge is 2.09. The van der Waals surface area contributed by atoms with Gasteiger partial charge in [-0.25, -0.2) is 4.68 Å². The molecular formula is C10H11N3OS. The summed E-state index contributed by atoms with van der Waals surface area (Å²) in [6.07, 6.45) is 1.50. The normalized spacial score (nSPS) is 10.5. The molecule has 2 aromatic heterocycles. The van der Waals surface area contributed by atoms with Gasteiger partial charge in [0, 0.05) is 11.8 Å². The van der Waals surface area contributed by atoms with Crippen molar-refractivity contribution in [3.8, 4) is 0 Å². The van der Waals surface area contributed by atoms with E-state index in [0.29, 0.717) is 12.2 Å². The molecule has 0 spiro atoms. The standard InChI is InChI=1S/C10H11N3OS/c1-7-3-9(6-15-7)5-13-10(8(2)14)4-11-12-13/h3-4,6H,5H2,1-2H3. The van der Waals surface area contributed by atoms with Crippen LogP contribution in [0.2, 0.25) is 0 Å². The van der Waals surface area contributed by atoms with Crippen LogP contribution in [0.4, 0.5) is 0 Å². The van der Waals surface area contributed by atoms with Gasteiger partial charge in [0.05, 0.1) is 12.7 Å². The maximum Gasteiger partial charge on any atom is 0.179 e. The highest BCUT2D eigenvalue weighted by molar-refractivity contribution is 7.10. The van der Waals surface area contributed by atoms with Crippen molar-refractivity contribution in [1.29, 1.82) is 0 Å². The number of ketones is 1. The largest absolute Gasteiger partial charge is 0.293 e. The molecule has 2 heterocycles. The van der Waals surface area contributed by atoms with Crippen molar-refractivity contribution in [1.82, 2.24) is 15.0 Å². The molecule has 0 N–H and O–H groups in total. The summed E-state index contributed by atoms with van der Waals surface area (Å²) < 4.78 is 1.63. The third kappa shape index (κ3) is 2.12. The highest BCUT2D eigenvalue weighted by Crippen LogP contribution is 2.14. The Morgan fingerprint density at radius 3 is 3.00 bits per heavy atom. The first kappa shape index (κ1) is 10.0. The van der Waals surface area contributed by atoms with Gasteiger partial charge in [-0.1, -0.05) is 5.21 Å². The number of hydrogen-bond donors (Lipinski definition) is 0. The maximum atomic E-state index is 11.2. The molecule has 0 unspecified atom stereocenters. The second kappa shape index (κ2) is 3.94. The SMILES string of the molecule is CC(=O)c1cnnn1Cc1csc(C)c1. The molecule has 2 rings (SSSR count). The van der Waals surface area contributed by atoms with Crippen LogP contribution < -0.4 is 0 Å². The molecule has 0 radical (unpaired) electrons. The van der Waals surface area contributed by atoms with Crippen LogP contribution in [0.25, 0.3) is 0 Å². The van der Waals surface area contributed by atoms with Crippen molar-refractivity contribution in [2.45, 2.75) is 20.4 Å². The fourth-order valence-electron chi connectivity index (χ4n) is 1.40. The molecule has 4 nitrogen and oxygen atoms in total. The summed E-state index contributed by atoms with van der Waals surface area (Å²) in [4.78, 5) is 12.5. The Balaban J connectivity index is 2.24. The van der Waals surface area contributed by atoms with Crippen LogP contribution in [0, 0.1) is 6.92 Å². The van der Waals surface area contributed by atoms with E-state index in [1.165, 1.54) is 18.0 Å². The van der Waals surface area contributed by atoms with E-state index in [1.807, 2.05) is 0 Å². The Labute approximate surface area is 91.5 Å². The smallest absolute Gasteiger partial charge is 0.179 e. The summed E-state index contributed by atoms with van der Waals surface area (Å²) in [5.74, 6) is -0.00745. The fraction of sp³-hybridized carbons (Fsp3) is 0.300. The summed E-state index contributed by atoms with van der Waals surface area (Å²) in [6.45, 7) is 4.19. The highest BCUT2D eigenvalue weighted by atomic mass is 32.1. The number of aromatic nitrogens is 3. The molecule has 0 aromatic carbocycles. The van der Waals surface area contributed by atoms with E-state index in [9.17, 15) is 4.79 Å². The van der Waals surface area contributed by atoms with Crippen LogP contribution in [-0.2, 0) is 6.54 Å². The number of aryl methyl sites for hydroxylation is 1. The van der Waals surface area contributed by atoms with Crippen molar-refractivity contribution in [3.63, 3.8) is 0 Å². The Morgan fingerprint density at radius 1 is 1.60 bits per heavy atom. The van der Waals surface area contributed by atoms with E-state index in [4.69, 9.17) is 0 Å². The zero-order chi connectivity index (χ0) is 10.8. The summed E-state index contributed by atoms with van der Waals surface area (Å²) >= 11 is 1.69. The predicted molar refractivity (Wildman–Crippen MR) is 58.2 cm³/mol. The predicted octanol–water partition coefficient (Wildman–Crippen LogP) is 1.90. The number of rotatable bonds is 3. The van der Waals surface area contributed by atoms with E-state index in [1.54, 1.807) is 16.0 Å². The lowest BCUT2D eigenvalue weighted by molar-refractivity contribution is 0.100. The van der Waals surface area contributed by atoms with Crippen LogP contribution >= 0.6 is 11.3 Å². The molecule has 78 valence electrons. The van der Waals surface area contributed by atoms with E-state index < -0.39 is 0 Å². The van der Waals surface area contributed by atoms with Gasteiger partial charge in [0.2, 0.25) is 0 Å². The topological polar surface area (TPSA) is 47.8 Å². The number of Topliss-reactive ketones (excluding diaryl/α,β-unsaturated/α-hetero) is 1. The van der Waals surface area contributed by atoms with Crippen LogP contribution in [0.1, 0.15) is 27.9 Å². The third-order valence-electron chi connectivity index (χ3n) is 2.10. The number of hydrogen-bond acceptors (Lipinski definition) is 4. The molecule has 0 saturated carbocycles. The first-order valence-electron chi connectivity index (χ1n) is 4.60. The molecule has 0 bridgehead atoms. The van der Waals surface area contributed by atoms with Crippen molar-refractivity contribution < 1.29 is 4.79 Å². The van der Waals surface area contributed by atoms with E-state index in [0.717, 1.165) is 5.56 Å². The number of thiophene rings is 1. The van der Waals surface area contributed by atoms with Gasteiger partial charge in [-0.3, -0.25) is 4.79 Å². The minimum Gasteiger partial charge on any atom is -0.293 e. The third-order valence-corrected chi connectivity index (χ3v) is 3.01. The second-order valence-electron chi connectivity index (χ2n) is 3.40. The number of nitrogens with zero attached hydrogens (tertiary/aromatic N) is 3. The van der Waals surface area contributed by atoms with Crippen LogP contribution in [0.3, 0.4) is 0 Å². The molecule has 0 aliphatic rings. The van der Waals surface area contributed by atoms with Gasteiger partial charge < -0.3 is 0 Å². The summed E-state index contributed by atoms with van der Waals surface area (Å²) in [5.41, 5.74) is 1.71. The van der Waals surface area contributed by atoms with Gasteiger partial charge in [-0.05, 0) is 23.9 Å². The summed E-state index contributed by atoms with van der Waals surface area (Å²) in [7, 11) is 0. The van der Waals surface area contributed by atoms with Gasteiger partial charge in [-0.2, -0.15) is 0 Å². The molecule has 2 aromatic rings. The summed E-state index contributed by atoms with van der Waals surface area (Å²) in [5, 5.41) is 9.70. The second-order valence-corrected chi connectivity index (χ2v) is 4.51. The minimum absolute atomic E-state index is 0.00745. The Bertz CT molecular complexity index is 486. The molecule has 0 amide bonds. The molecule has 0 aliphatic heterocycles. The number of carbonyl (C=O) groups excluding carboxylic acids is 1. The Kier molecular flexibility index (Phi) is 2.64. The molecule has 0 saturated heterocycles. The first-order chi connectivity index (χ1) is 7.16. The van der Waals surface area contributed by atoms with Gasteiger partial charge in [0.1, 0.15) is 5.69 Å². The van der Waals surface area contributed by atoms with Crippen molar-refractivity contribution in [3.05, 3.63) is 33.8 Å². The fourth-order valence-corrected chi connectivity index (χ4v) is 2.10. The van der Waals surface area contributed by atoms with Crippen LogP contribution in [0.5, 0.6) is 0 Å². The van der Waals surface area contributed by atoms with E-state index >= 15 is 0 Å². The lowest BCUT2D eigenvalue weighted by Crippen LogP contribution is -2.08. The van der Waals surface area contributed by atoms with Gasteiger partial charge in [0.15, 0.2) is 5.78 Å². The lowest BCUT2D eigenvalue weighted by atomic mass is 10.3. The van der Waals surface area contributed by atoms with E-state index in [2.05, 4.69) is 28.7 Å². The first-order valence-corrected chi connectivity index (χ1v) is 5.48.